The number of carbonyl (C=O) groups excluding carboxylic acids is 2. The van der Waals surface area contributed by atoms with Crippen LogP contribution >= 0.6 is 0 Å². The molecule has 0 spiro atoms. The first-order chi connectivity index (χ1) is 13.6. The Bertz CT molecular complexity index is 984. The van der Waals surface area contributed by atoms with Crippen LogP contribution in [0.1, 0.15) is 43.6 Å². The Morgan fingerprint density at radius 1 is 1.24 bits per heavy atom. The van der Waals surface area contributed by atoms with Crippen LogP contribution in [0.3, 0.4) is 0 Å². The zero-order valence-electron chi connectivity index (χ0n) is 17.1. The van der Waals surface area contributed by atoms with Crippen LogP contribution in [-0.2, 0) is 19.6 Å². The van der Waals surface area contributed by atoms with Gasteiger partial charge in [0.2, 0.25) is 10.0 Å². The number of sulfonamides is 1. The van der Waals surface area contributed by atoms with Crippen molar-refractivity contribution in [2.45, 2.75) is 44.2 Å². The third-order valence-electron chi connectivity index (χ3n) is 4.43. The van der Waals surface area contributed by atoms with Gasteiger partial charge in [0.15, 0.2) is 6.10 Å². The molecule has 0 aliphatic carbocycles. The summed E-state index contributed by atoms with van der Waals surface area (Å²) in [4.78, 5) is 24.8. The van der Waals surface area contributed by atoms with Gasteiger partial charge in [0.1, 0.15) is 5.82 Å². The number of benzene rings is 1. The Morgan fingerprint density at radius 3 is 2.55 bits per heavy atom. The number of nitrogens with one attached hydrogen (secondary N) is 1. The predicted molar refractivity (Wildman–Crippen MR) is 108 cm³/mol. The Kier molecular flexibility index (Phi) is 7.15. The maximum absolute atomic E-state index is 12.4. The maximum Gasteiger partial charge on any atom is 0.338 e. The lowest BCUT2D eigenvalue weighted by molar-refractivity contribution is -0.123. The van der Waals surface area contributed by atoms with Gasteiger partial charge in [-0.25, -0.2) is 22.2 Å². The first-order valence-electron chi connectivity index (χ1n) is 9.15. The molecule has 2 rings (SSSR count). The van der Waals surface area contributed by atoms with Gasteiger partial charge in [-0.3, -0.25) is 4.79 Å². The quantitative estimate of drug-likeness (QED) is 0.654. The number of aromatic nitrogens is 2. The van der Waals surface area contributed by atoms with Gasteiger partial charge < -0.3 is 10.1 Å². The average Bonchev–Trinajstić information content (AvgIpc) is 3.15. The minimum Gasteiger partial charge on any atom is -0.449 e. The molecule has 0 saturated heterocycles. The Morgan fingerprint density at radius 2 is 1.93 bits per heavy atom. The molecular formula is C19H26N4O5S. The van der Waals surface area contributed by atoms with Crippen molar-refractivity contribution in [2.75, 3.05) is 19.4 Å². The van der Waals surface area contributed by atoms with E-state index in [-0.39, 0.29) is 16.5 Å². The van der Waals surface area contributed by atoms with Crippen molar-refractivity contribution in [1.82, 2.24) is 14.1 Å². The molecule has 0 aliphatic heterocycles. The number of carbonyl (C=O) groups is 2. The van der Waals surface area contributed by atoms with Gasteiger partial charge in [0.25, 0.3) is 5.91 Å². The van der Waals surface area contributed by atoms with E-state index < -0.39 is 28.0 Å². The fraction of sp³-hybridized carbons (Fsp3) is 0.421. The van der Waals surface area contributed by atoms with E-state index in [0.29, 0.717) is 5.82 Å². The standard InChI is InChI=1S/C19H26N4O5S/c1-6-13(2)23-17(10-11-20-23)21-18(24)14(3)28-19(25)15-8-7-9-16(12-15)29(26,27)22(4)5/h7-14H,6H2,1-5H3,(H,21,24)/t13-,14-/m1/s1. The highest BCUT2D eigenvalue weighted by Gasteiger charge is 2.23. The largest absolute Gasteiger partial charge is 0.449 e. The normalized spacial score (nSPS) is 13.7. The second kappa shape index (κ2) is 9.19. The summed E-state index contributed by atoms with van der Waals surface area (Å²) in [7, 11) is -0.892. The molecule has 0 radical (unpaired) electrons. The summed E-state index contributed by atoms with van der Waals surface area (Å²) in [6.07, 6.45) is 1.33. The van der Waals surface area contributed by atoms with Crippen molar-refractivity contribution in [2.24, 2.45) is 0 Å². The van der Waals surface area contributed by atoms with Crippen LogP contribution in [0.15, 0.2) is 41.4 Å². The molecule has 9 nitrogen and oxygen atoms in total. The SMILES string of the molecule is CC[C@@H](C)n1nccc1NC(=O)[C@@H](C)OC(=O)c1cccc(S(=O)(=O)N(C)C)c1. The first-order valence-corrected chi connectivity index (χ1v) is 10.6. The topological polar surface area (TPSA) is 111 Å². The van der Waals surface area contributed by atoms with Gasteiger partial charge in [-0.2, -0.15) is 5.10 Å². The minimum absolute atomic E-state index is 0.0356. The summed E-state index contributed by atoms with van der Waals surface area (Å²) in [6.45, 7) is 5.42. The third-order valence-corrected chi connectivity index (χ3v) is 6.24. The highest BCUT2D eigenvalue weighted by atomic mass is 32.2. The molecule has 0 saturated carbocycles. The third kappa shape index (κ3) is 5.21. The molecule has 0 aliphatic rings. The fourth-order valence-electron chi connectivity index (χ4n) is 2.44. The van der Waals surface area contributed by atoms with Crippen LogP contribution in [0, 0.1) is 0 Å². The highest BCUT2D eigenvalue weighted by molar-refractivity contribution is 7.89. The lowest BCUT2D eigenvalue weighted by Gasteiger charge is -2.17. The molecule has 2 atom stereocenters. The zero-order chi connectivity index (χ0) is 21.8. The number of hydrogen-bond donors (Lipinski definition) is 1. The summed E-state index contributed by atoms with van der Waals surface area (Å²) in [5.74, 6) is -0.800. The molecule has 158 valence electrons. The second-order valence-corrected chi connectivity index (χ2v) is 8.92. The average molecular weight is 423 g/mol. The lowest BCUT2D eigenvalue weighted by Crippen LogP contribution is -2.31. The smallest absolute Gasteiger partial charge is 0.338 e. The Balaban J connectivity index is 2.09. The van der Waals surface area contributed by atoms with Gasteiger partial charge in [-0.1, -0.05) is 13.0 Å². The second-order valence-electron chi connectivity index (χ2n) is 6.77. The van der Waals surface area contributed by atoms with E-state index in [4.69, 9.17) is 4.74 Å². The minimum atomic E-state index is -3.69. The van der Waals surface area contributed by atoms with E-state index in [1.54, 1.807) is 16.9 Å². The highest BCUT2D eigenvalue weighted by Crippen LogP contribution is 2.18. The van der Waals surface area contributed by atoms with E-state index in [1.807, 2.05) is 13.8 Å². The summed E-state index contributed by atoms with van der Waals surface area (Å²) in [5.41, 5.74) is 0.0391. The van der Waals surface area contributed by atoms with Crippen molar-refractivity contribution in [3.63, 3.8) is 0 Å². The number of hydrogen-bond acceptors (Lipinski definition) is 6. The van der Waals surface area contributed by atoms with E-state index in [1.165, 1.54) is 45.3 Å². The molecule has 1 N–H and O–H groups in total. The molecule has 1 amide bonds. The molecule has 0 bridgehead atoms. The molecular weight excluding hydrogens is 396 g/mol. The van der Waals surface area contributed by atoms with Crippen molar-refractivity contribution in [1.29, 1.82) is 0 Å². The first kappa shape index (κ1) is 22.6. The van der Waals surface area contributed by atoms with Crippen molar-refractivity contribution >= 4 is 27.7 Å². The Labute approximate surface area is 170 Å². The van der Waals surface area contributed by atoms with E-state index in [9.17, 15) is 18.0 Å². The van der Waals surface area contributed by atoms with E-state index in [0.717, 1.165) is 10.7 Å². The fourth-order valence-corrected chi connectivity index (χ4v) is 3.39. The molecule has 10 heteroatoms. The molecule has 2 aromatic rings. The molecule has 29 heavy (non-hydrogen) atoms. The molecule has 1 aromatic carbocycles. The van der Waals surface area contributed by atoms with E-state index >= 15 is 0 Å². The summed E-state index contributed by atoms with van der Waals surface area (Å²) >= 11 is 0. The van der Waals surface area contributed by atoms with Crippen molar-refractivity contribution in [3.8, 4) is 0 Å². The number of esters is 1. The molecule has 1 aromatic heterocycles. The molecule has 0 unspecified atom stereocenters. The van der Waals surface area contributed by atoms with Crippen LogP contribution in [-0.4, -0.2) is 54.6 Å². The number of rotatable bonds is 8. The number of nitrogens with zero attached hydrogens (tertiary/aromatic N) is 3. The summed E-state index contributed by atoms with van der Waals surface area (Å²) in [5, 5.41) is 6.88. The van der Waals surface area contributed by atoms with Gasteiger partial charge >= 0.3 is 5.97 Å². The number of anilines is 1. The van der Waals surface area contributed by atoms with Crippen LogP contribution in [0.5, 0.6) is 0 Å². The van der Waals surface area contributed by atoms with Crippen LogP contribution in [0.4, 0.5) is 5.82 Å². The van der Waals surface area contributed by atoms with Gasteiger partial charge in [-0.15, -0.1) is 0 Å². The molecule has 1 heterocycles. The lowest BCUT2D eigenvalue weighted by atomic mass is 10.2. The van der Waals surface area contributed by atoms with E-state index in [2.05, 4.69) is 10.4 Å². The number of amides is 1. The predicted octanol–water partition coefficient (Wildman–Crippen LogP) is 2.29. The maximum atomic E-state index is 12.4. The number of ether oxygens (including phenoxy) is 1. The van der Waals surface area contributed by atoms with Crippen LogP contribution in [0.25, 0.3) is 0 Å². The van der Waals surface area contributed by atoms with Crippen LogP contribution in [0.2, 0.25) is 0 Å². The van der Waals surface area contributed by atoms with Crippen molar-refractivity contribution in [3.05, 3.63) is 42.1 Å². The summed E-state index contributed by atoms with van der Waals surface area (Å²) < 4.78 is 32.4. The Hall–Kier alpha value is -2.72. The van der Waals surface area contributed by atoms with Gasteiger partial charge in [0, 0.05) is 20.2 Å². The monoisotopic (exact) mass is 422 g/mol. The van der Waals surface area contributed by atoms with Crippen molar-refractivity contribution < 1.29 is 22.7 Å². The molecule has 0 fully saturated rings. The van der Waals surface area contributed by atoms with Gasteiger partial charge in [-0.05, 0) is 38.5 Å². The zero-order valence-corrected chi connectivity index (χ0v) is 17.9. The van der Waals surface area contributed by atoms with Gasteiger partial charge in [0.05, 0.1) is 22.7 Å². The summed E-state index contributed by atoms with van der Waals surface area (Å²) in [6, 6.07) is 7.24. The van der Waals surface area contributed by atoms with Crippen LogP contribution < -0.4 is 5.32 Å².